The molecule has 0 heterocycles. The second-order valence-corrected chi connectivity index (χ2v) is 4.74. The largest absolute Gasteiger partial charge is 0.401 e. The SMILES string of the molecule is CC.CC(=O)CCCCCN/C=C(\N)CCCC(C)=O. The summed E-state index contributed by atoms with van der Waals surface area (Å²) in [5.74, 6) is 0.471. The minimum absolute atomic E-state index is 0.209. The Bertz CT molecular complexity index is 286. The van der Waals surface area contributed by atoms with Gasteiger partial charge in [-0.2, -0.15) is 0 Å². The Labute approximate surface area is 124 Å². The first-order chi connectivity index (χ1) is 9.52. The molecule has 0 aliphatic heterocycles. The number of allylic oxidation sites excluding steroid dienone is 1. The van der Waals surface area contributed by atoms with E-state index in [1.807, 2.05) is 20.0 Å². The number of nitrogens with one attached hydrogen (secondary N) is 1. The molecule has 0 saturated carbocycles. The fourth-order valence-electron chi connectivity index (χ4n) is 1.59. The van der Waals surface area contributed by atoms with Crippen molar-refractivity contribution in [3.8, 4) is 0 Å². The first-order valence-corrected chi connectivity index (χ1v) is 7.69. The number of rotatable bonds is 11. The quantitative estimate of drug-likeness (QED) is 0.571. The highest BCUT2D eigenvalue weighted by molar-refractivity contribution is 5.75. The summed E-state index contributed by atoms with van der Waals surface area (Å²) < 4.78 is 0. The summed E-state index contributed by atoms with van der Waals surface area (Å²) in [4.78, 5) is 21.4. The van der Waals surface area contributed by atoms with E-state index in [0.717, 1.165) is 44.3 Å². The molecule has 0 amide bonds. The number of Topliss-reactive ketones (excluding diaryl/α,β-unsaturated/α-hetero) is 2. The van der Waals surface area contributed by atoms with Gasteiger partial charge in [0.25, 0.3) is 0 Å². The molecule has 0 aliphatic carbocycles. The molecule has 0 saturated heterocycles. The molecule has 4 nitrogen and oxygen atoms in total. The third-order valence-corrected chi connectivity index (χ3v) is 2.63. The minimum Gasteiger partial charge on any atom is -0.401 e. The third kappa shape index (κ3) is 19.0. The van der Waals surface area contributed by atoms with Gasteiger partial charge in [0.05, 0.1) is 0 Å². The van der Waals surface area contributed by atoms with Crippen LogP contribution in [0.25, 0.3) is 0 Å². The summed E-state index contributed by atoms with van der Waals surface area (Å²) in [5.41, 5.74) is 6.57. The Hall–Kier alpha value is -1.32. The van der Waals surface area contributed by atoms with Gasteiger partial charge in [0.1, 0.15) is 11.6 Å². The molecule has 118 valence electrons. The molecule has 0 aromatic heterocycles. The molecule has 0 atom stereocenters. The zero-order valence-electron chi connectivity index (χ0n) is 13.6. The van der Waals surface area contributed by atoms with Crippen LogP contribution in [0.5, 0.6) is 0 Å². The average molecular weight is 284 g/mol. The van der Waals surface area contributed by atoms with Gasteiger partial charge in [-0.05, 0) is 39.5 Å². The zero-order chi connectivity index (χ0) is 15.8. The molecule has 0 aromatic rings. The van der Waals surface area contributed by atoms with Crippen molar-refractivity contribution in [3.05, 3.63) is 11.9 Å². The van der Waals surface area contributed by atoms with Gasteiger partial charge in [0, 0.05) is 31.3 Å². The Morgan fingerprint density at radius 2 is 1.45 bits per heavy atom. The summed E-state index contributed by atoms with van der Waals surface area (Å²) in [5, 5.41) is 3.15. The van der Waals surface area contributed by atoms with Gasteiger partial charge in [-0.3, -0.25) is 0 Å². The van der Waals surface area contributed by atoms with E-state index in [-0.39, 0.29) is 11.6 Å². The third-order valence-electron chi connectivity index (χ3n) is 2.63. The van der Waals surface area contributed by atoms with Crippen molar-refractivity contribution in [2.24, 2.45) is 5.73 Å². The van der Waals surface area contributed by atoms with E-state index in [9.17, 15) is 9.59 Å². The van der Waals surface area contributed by atoms with Crippen LogP contribution in [0.2, 0.25) is 0 Å². The molecule has 0 unspecified atom stereocenters. The molecule has 4 heteroatoms. The van der Waals surface area contributed by atoms with Crippen molar-refractivity contribution in [2.75, 3.05) is 6.54 Å². The second kappa shape index (κ2) is 15.7. The van der Waals surface area contributed by atoms with Gasteiger partial charge in [0.15, 0.2) is 0 Å². The van der Waals surface area contributed by atoms with Crippen molar-refractivity contribution >= 4 is 11.6 Å². The lowest BCUT2D eigenvalue weighted by Crippen LogP contribution is -2.11. The summed E-state index contributed by atoms with van der Waals surface area (Å²) in [6.07, 6.45) is 7.76. The molecule has 0 aromatic carbocycles. The fourth-order valence-corrected chi connectivity index (χ4v) is 1.59. The maximum absolute atomic E-state index is 10.7. The summed E-state index contributed by atoms with van der Waals surface area (Å²) >= 11 is 0. The van der Waals surface area contributed by atoms with Crippen molar-refractivity contribution in [1.29, 1.82) is 0 Å². The van der Waals surface area contributed by atoms with Crippen LogP contribution >= 0.6 is 0 Å². The summed E-state index contributed by atoms with van der Waals surface area (Å²) in [6.45, 7) is 8.10. The van der Waals surface area contributed by atoms with Gasteiger partial charge in [-0.15, -0.1) is 0 Å². The maximum atomic E-state index is 10.7. The van der Waals surface area contributed by atoms with Crippen molar-refractivity contribution in [2.45, 2.75) is 72.6 Å². The van der Waals surface area contributed by atoms with Gasteiger partial charge in [-0.25, -0.2) is 0 Å². The van der Waals surface area contributed by atoms with E-state index < -0.39 is 0 Å². The van der Waals surface area contributed by atoms with Crippen LogP contribution in [0, 0.1) is 0 Å². The van der Waals surface area contributed by atoms with Crippen LogP contribution in [-0.4, -0.2) is 18.1 Å². The van der Waals surface area contributed by atoms with E-state index in [0.29, 0.717) is 12.8 Å². The number of ketones is 2. The van der Waals surface area contributed by atoms with Crippen LogP contribution in [0.15, 0.2) is 11.9 Å². The molecule has 0 radical (unpaired) electrons. The van der Waals surface area contributed by atoms with Crippen LogP contribution in [-0.2, 0) is 9.59 Å². The monoisotopic (exact) mass is 284 g/mol. The lowest BCUT2D eigenvalue weighted by Gasteiger charge is -2.03. The van der Waals surface area contributed by atoms with Crippen molar-refractivity contribution in [3.63, 3.8) is 0 Å². The molecular weight excluding hydrogens is 252 g/mol. The van der Waals surface area contributed by atoms with Gasteiger partial charge < -0.3 is 20.6 Å². The van der Waals surface area contributed by atoms with E-state index in [1.54, 1.807) is 13.8 Å². The van der Waals surface area contributed by atoms with Crippen LogP contribution in [0.4, 0.5) is 0 Å². The second-order valence-electron chi connectivity index (χ2n) is 4.74. The predicted octanol–water partition coefficient (Wildman–Crippen LogP) is 3.31. The van der Waals surface area contributed by atoms with Crippen LogP contribution in [0.1, 0.15) is 72.6 Å². The number of unbranched alkanes of at least 4 members (excludes halogenated alkanes) is 2. The summed E-state index contributed by atoms with van der Waals surface area (Å²) in [7, 11) is 0. The van der Waals surface area contributed by atoms with E-state index >= 15 is 0 Å². The maximum Gasteiger partial charge on any atom is 0.129 e. The number of carbonyl (C=O) groups excluding carboxylic acids is 2. The van der Waals surface area contributed by atoms with Crippen LogP contribution < -0.4 is 11.1 Å². The molecule has 0 fully saturated rings. The number of carbonyl (C=O) groups is 2. The first kappa shape index (κ1) is 21.0. The van der Waals surface area contributed by atoms with Gasteiger partial charge in [0.2, 0.25) is 0 Å². The highest BCUT2D eigenvalue weighted by atomic mass is 16.1. The molecule has 0 aliphatic rings. The van der Waals surface area contributed by atoms with Crippen LogP contribution in [0.3, 0.4) is 0 Å². The first-order valence-electron chi connectivity index (χ1n) is 7.69. The van der Waals surface area contributed by atoms with E-state index in [2.05, 4.69) is 5.32 Å². The molecular formula is C16H32N2O2. The van der Waals surface area contributed by atoms with Gasteiger partial charge in [-0.1, -0.05) is 20.3 Å². The standard InChI is InChI=1S/C14H26N2O2.C2H6/c1-12(17)7-4-3-5-10-16-11-14(15)9-6-8-13(2)18;1-2/h11,16H,3-10,15H2,1-2H3;1-2H3/b14-11-;. The minimum atomic E-state index is 0.209. The predicted molar refractivity (Wildman–Crippen MR) is 85.3 cm³/mol. The normalized spacial score (nSPS) is 10.5. The van der Waals surface area contributed by atoms with E-state index in [4.69, 9.17) is 5.73 Å². The lowest BCUT2D eigenvalue weighted by molar-refractivity contribution is -0.117. The topological polar surface area (TPSA) is 72.2 Å². The molecule has 20 heavy (non-hydrogen) atoms. The van der Waals surface area contributed by atoms with Gasteiger partial charge >= 0.3 is 0 Å². The highest BCUT2D eigenvalue weighted by Gasteiger charge is 1.96. The molecule has 0 bridgehead atoms. The molecule has 0 rings (SSSR count). The number of nitrogens with two attached hydrogens (primary N) is 1. The van der Waals surface area contributed by atoms with Crippen molar-refractivity contribution < 1.29 is 9.59 Å². The lowest BCUT2D eigenvalue weighted by atomic mass is 10.1. The Balaban J connectivity index is 0. The Morgan fingerprint density at radius 3 is 2.00 bits per heavy atom. The fraction of sp³-hybridized carbons (Fsp3) is 0.750. The number of hydrogen-bond acceptors (Lipinski definition) is 4. The highest BCUT2D eigenvalue weighted by Crippen LogP contribution is 2.02. The summed E-state index contributed by atoms with van der Waals surface area (Å²) in [6, 6.07) is 0. The smallest absolute Gasteiger partial charge is 0.129 e. The average Bonchev–Trinajstić information content (AvgIpc) is 2.39. The Kier molecular flexibility index (Phi) is 16.5. The Morgan fingerprint density at radius 1 is 0.900 bits per heavy atom. The van der Waals surface area contributed by atoms with Crippen molar-refractivity contribution in [1.82, 2.24) is 5.32 Å². The van der Waals surface area contributed by atoms with E-state index in [1.165, 1.54) is 0 Å². The molecule has 0 spiro atoms. The molecule has 3 N–H and O–H groups in total. The number of hydrogen-bond donors (Lipinski definition) is 2. The zero-order valence-corrected chi connectivity index (χ0v) is 13.6.